The monoisotopic (exact) mass is 395 g/mol. The first-order valence-electron chi connectivity index (χ1n) is 8.80. The number of para-hydroxylation sites is 2. The minimum Gasteiger partial charge on any atom is -0.340 e. The predicted octanol–water partition coefficient (Wildman–Crippen LogP) is 5.84. The van der Waals surface area contributed by atoms with Crippen LogP contribution in [0.5, 0.6) is 0 Å². The third kappa shape index (κ3) is 4.11. The van der Waals surface area contributed by atoms with Crippen molar-refractivity contribution in [3.63, 3.8) is 0 Å². The van der Waals surface area contributed by atoms with Gasteiger partial charge in [-0.15, -0.1) is 0 Å². The van der Waals surface area contributed by atoms with Gasteiger partial charge in [0.15, 0.2) is 0 Å². The molecular formula is C21H16F3N5. The molecule has 2 aromatic carbocycles. The van der Waals surface area contributed by atoms with Gasteiger partial charge in [0.2, 0.25) is 0 Å². The number of aryl methyl sites for hydroxylation is 1. The van der Waals surface area contributed by atoms with E-state index in [9.17, 15) is 13.2 Å². The van der Waals surface area contributed by atoms with Crippen LogP contribution in [-0.4, -0.2) is 15.0 Å². The van der Waals surface area contributed by atoms with Crippen LogP contribution in [-0.2, 0) is 6.18 Å². The number of pyridine rings is 1. The molecule has 29 heavy (non-hydrogen) atoms. The van der Waals surface area contributed by atoms with Crippen molar-refractivity contribution in [1.29, 1.82) is 0 Å². The molecule has 0 aliphatic carbocycles. The van der Waals surface area contributed by atoms with Crippen molar-refractivity contribution in [2.45, 2.75) is 13.1 Å². The maximum Gasteiger partial charge on any atom is 0.418 e. The quantitative estimate of drug-likeness (QED) is 0.455. The lowest BCUT2D eigenvalue weighted by molar-refractivity contribution is -0.136. The van der Waals surface area contributed by atoms with Crippen molar-refractivity contribution in [3.05, 3.63) is 78.2 Å². The van der Waals surface area contributed by atoms with Gasteiger partial charge < -0.3 is 10.6 Å². The number of alkyl halides is 3. The molecule has 0 aliphatic rings. The first-order valence-corrected chi connectivity index (χ1v) is 8.80. The summed E-state index contributed by atoms with van der Waals surface area (Å²) in [6.45, 7) is 1.67. The van der Waals surface area contributed by atoms with Crippen LogP contribution in [0.2, 0.25) is 0 Å². The predicted molar refractivity (Wildman–Crippen MR) is 107 cm³/mol. The summed E-state index contributed by atoms with van der Waals surface area (Å²) in [5.74, 6) is 1.11. The van der Waals surface area contributed by atoms with E-state index in [0.717, 1.165) is 22.7 Å². The van der Waals surface area contributed by atoms with Crippen LogP contribution in [0, 0.1) is 6.92 Å². The molecule has 0 spiro atoms. The smallest absolute Gasteiger partial charge is 0.340 e. The number of rotatable bonds is 4. The molecule has 0 saturated heterocycles. The van der Waals surface area contributed by atoms with E-state index in [4.69, 9.17) is 0 Å². The number of hydrogen-bond donors (Lipinski definition) is 2. The lowest BCUT2D eigenvalue weighted by Crippen LogP contribution is -2.09. The summed E-state index contributed by atoms with van der Waals surface area (Å²) in [5.41, 5.74) is 0.672. The highest BCUT2D eigenvalue weighted by Crippen LogP contribution is 2.36. The molecule has 0 radical (unpaired) electrons. The van der Waals surface area contributed by atoms with Crippen LogP contribution in [0.3, 0.4) is 0 Å². The minimum absolute atomic E-state index is 0.0733. The second kappa shape index (κ2) is 7.38. The molecule has 4 rings (SSSR count). The number of nitrogens with zero attached hydrogens (tertiary/aromatic N) is 3. The van der Waals surface area contributed by atoms with Crippen LogP contribution in [0.4, 0.5) is 36.2 Å². The summed E-state index contributed by atoms with van der Waals surface area (Å²) in [4.78, 5) is 12.9. The Morgan fingerprint density at radius 3 is 2.21 bits per heavy atom. The van der Waals surface area contributed by atoms with Gasteiger partial charge in [0, 0.05) is 17.6 Å². The van der Waals surface area contributed by atoms with Gasteiger partial charge in [-0.3, -0.25) is 4.98 Å². The van der Waals surface area contributed by atoms with Crippen LogP contribution < -0.4 is 10.6 Å². The Morgan fingerprint density at radius 2 is 1.45 bits per heavy atom. The lowest BCUT2D eigenvalue weighted by atomic mass is 10.1. The minimum atomic E-state index is -4.47. The molecule has 5 nitrogen and oxygen atoms in total. The van der Waals surface area contributed by atoms with Gasteiger partial charge in [-0.1, -0.05) is 30.3 Å². The van der Waals surface area contributed by atoms with Crippen molar-refractivity contribution in [2.75, 3.05) is 10.6 Å². The molecule has 2 aromatic heterocycles. The fourth-order valence-electron chi connectivity index (χ4n) is 3.02. The van der Waals surface area contributed by atoms with E-state index in [1.54, 1.807) is 19.2 Å². The number of fused-ring (bicyclic) bond motifs is 1. The maximum atomic E-state index is 13.3. The average molecular weight is 395 g/mol. The molecule has 0 amide bonds. The van der Waals surface area contributed by atoms with Crippen molar-refractivity contribution in [2.24, 2.45) is 0 Å². The number of aromatic nitrogens is 3. The second-order valence-corrected chi connectivity index (χ2v) is 6.36. The van der Waals surface area contributed by atoms with Gasteiger partial charge in [-0.05, 0) is 31.2 Å². The third-order valence-electron chi connectivity index (χ3n) is 4.23. The first kappa shape index (κ1) is 18.7. The first-order chi connectivity index (χ1) is 13.9. The molecule has 8 heteroatoms. The molecule has 0 aliphatic heterocycles. The van der Waals surface area contributed by atoms with Crippen LogP contribution in [0.1, 0.15) is 11.4 Å². The van der Waals surface area contributed by atoms with Crippen molar-refractivity contribution < 1.29 is 13.2 Å². The van der Waals surface area contributed by atoms with E-state index < -0.39 is 11.7 Å². The average Bonchev–Trinajstić information content (AvgIpc) is 2.67. The second-order valence-electron chi connectivity index (χ2n) is 6.36. The zero-order chi connectivity index (χ0) is 20.4. The highest BCUT2D eigenvalue weighted by molar-refractivity contribution is 5.91. The van der Waals surface area contributed by atoms with Gasteiger partial charge in [0.1, 0.15) is 17.5 Å². The van der Waals surface area contributed by atoms with Gasteiger partial charge in [-0.2, -0.15) is 13.2 Å². The summed E-state index contributed by atoms with van der Waals surface area (Å²) in [6, 6.07) is 16.3. The van der Waals surface area contributed by atoms with E-state index in [0.29, 0.717) is 11.6 Å². The Kier molecular flexibility index (Phi) is 4.75. The van der Waals surface area contributed by atoms with Gasteiger partial charge in [-0.25, -0.2) is 9.97 Å². The molecule has 146 valence electrons. The molecule has 0 bridgehead atoms. The highest BCUT2D eigenvalue weighted by Gasteiger charge is 2.33. The third-order valence-corrected chi connectivity index (χ3v) is 4.23. The zero-order valence-corrected chi connectivity index (χ0v) is 15.3. The van der Waals surface area contributed by atoms with Gasteiger partial charge in [0.25, 0.3) is 0 Å². The standard InChI is InChI=1S/C21H16F3N5/c1-13-26-18(28-16-9-3-2-8-15(16)21(22,23)24)12-19(27-13)29-17-10-4-6-14-7-5-11-25-20(14)17/h2-12H,1H3,(H2,26,27,28,29). The van der Waals surface area contributed by atoms with E-state index in [2.05, 4.69) is 25.6 Å². The fraction of sp³-hybridized carbons (Fsp3) is 0.0952. The molecule has 0 saturated carbocycles. The summed E-state index contributed by atoms with van der Waals surface area (Å²) in [5, 5.41) is 6.90. The number of nitrogens with one attached hydrogen (secondary N) is 2. The number of anilines is 4. The molecule has 2 N–H and O–H groups in total. The molecule has 2 heterocycles. The molecule has 0 fully saturated rings. The van der Waals surface area contributed by atoms with Crippen molar-refractivity contribution in [1.82, 2.24) is 15.0 Å². The van der Waals surface area contributed by atoms with E-state index in [-0.39, 0.29) is 11.5 Å². The molecule has 0 unspecified atom stereocenters. The normalized spacial score (nSPS) is 11.4. The topological polar surface area (TPSA) is 62.7 Å². The van der Waals surface area contributed by atoms with Crippen molar-refractivity contribution in [3.8, 4) is 0 Å². The Morgan fingerprint density at radius 1 is 0.793 bits per heavy atom. The van der Waals surface area contributed by atoms with Crippen molar-refractivity contribution >= 4 is 33.9 Å². The summed E-state index contributed by atoms with van der Waals surface area (Å²) < 4.78 is 39.8. The molecule has 0 atom stereocenters. The van der Waals surface area contributed by atoms with Gasteiger partial charge in [0.05, 0.1) is 22.5 Å². The van der Waals surface area contributed by atoms with Crippen LogP contribution >= 0.6 is 0 Å². The zero-order valence-electron chi connectivity index (χ0n) is 15.3. The number of benzene rings is 2. The number of hydrogen-bond acceptors (Lipinski definition) is 5. The number of halogens is 3. The van der Waals surface area contributed by atoms with E-state index in [1.807, 2.05) is 30.3 Å². The maximum absolute atomic E-state index is 13.3. The molecular weight excluding hydrogens is 379 g/mol. The Balaban J connectivity index is 1.67. The van der Waals surface area contributed by atoms with Gasteiger partial charge >= 0.3 is 6.18 Å². The fourth-order valence-corrected chi connectivity index (χ4v) is 3.02. The Hall–Kier alpha value is -3.68. The van der Waals surface area contributed by atoms with Crippen LogP contribution in [0.25, 0.3) is 10.9 Å². The molecule has 4 aromatic rings. The lowest BCUT2D eigenvalue weighted by Gasteiger charge is -2.15. The largest absolute Gasteiger partial charge is 0.418 e. The van der Waals surface area contributed by atoms with E-state index >= 15 is 0 Å². The summed E-state index contributed by atoms with van der Waals surface area (Å²) >= 11 is 0. The highest BCUT2D eigenvalue weighted by atomic mass is 19.4. The summed E-state index contributed by atoms with van der Waals surface area (Å²) in [7, 11) is 0. The summed E-state index contributed by atoms with van der Waals surface area (Å²) in [6.07, 6.45) is -2.78. The van der Waals surface area contributed by atoms with E-state index in [1.165, 1.54) is 18.2 Å². The Bertz CT molecular complexity index is 1170. The van der Waals surface area contributed by atoms with Crippen LogP contribution in [0.15, 0.2) is 66.9 Å². The Labute approximate surface area is 164 Å². The SMILES string of the molecule is Cc1nc(Nc2ccccc2C(F)(F)F)cc(Nc2cccc3cccnc23)n1.